The quantitative estimate of drug-likeness (QED) is 0.751. The van der Waals surface area contributed by atoms with Gasteiger partial charge in [-0.15, -0.1) is 0 Å². The summed E-state index contributed by atoms with van der Waals surface area (Å²) in [6, 6.07) is 7.61. The van der Waals surface area contributed by atoms with Crippen LogP contribution in [0.4, 0.5) is 0 Å². The van der Waals surface area contributed by atoms with Crippen LogP contribution in [0, 0.1) is 12.8 Å². The first-order valence-electron chi connectivity index (χ1n) is 6.51. The van der Waals surface area contributed by atoms with Crippen LogP contribution in [0.2, 0.25) is 0 Å². The second kappa shape index (κ2) is 6.66. The highest BCUT2D eigenvalue weighted by molar-refractivity contribution is 5.97. The molecule has 1 fully saturated rings. The lowest BCUT2D eigenvalue weighted by Gasteiger charge is -2.21. The van der Waals surface area contributed by atoms with Gasteiger partial charge in [0.1, 0.15) is 6.61 Å². The Morgan fingerprint density at radius 1 is 1.28 bits per heavy atom. The number of hydrogen-bond donors (Lipinski definition) is 0. The third-order valence-electron chi connectivity index (χ3n) is 3.30. The molecule has 0 spiro atoms. The molecule has 1 aromatic rings. The van der Waals surface area contributed by atoms with E-state index in [1.807, 2.05) is 31.2 Å². The van der Waals surface area contributed by atoms with Crippen LogP contribution in [0.1, 0.15) is 28.8 Å². The molecule has 2 rings (SSSR count). The molecule has 0 bridgehead atoms. The van der Waals surface area contributed by atoms with Gasteiger partial charge in [0, 0.05) is 18.8 Å². The lowest BCUT2D eigenvalue weighted by atomic mass is 10.0. The Bertz CT molecular complexity index is 377. The largest absolute Gasteiger partial charge is 0.381 e. The molecule has 1 heterocycles. The summed E-state index contributed by atoms with van der Waals surface area (Å²) in [6.07, 6.45) is 2.08. The van der Waals surface area contributed by atoms with E-state index in [0.717, 1.165) is 37.2 Å². The topological polar surface area (TPSA) is 35.5 Å². The smallest absolute Gasteiger partial charge is 0.188 e. The highest BCUT2D eigenvalue weighted by atomic mass is 16.5. The third kappa shape index (κ3) is 3.93. The summed E-state index contributed by atoms with van der Waals surface area (Å²) in [4.78, 5) is 11.8. The van der Waals surface area contributed by atoms with Crippen LogP contribution in [0.25, 0.3) is 0 Å². The molecular formula is C15H20O3. The van der Waals surface area contributed by atoms with Crippen molar-refractivity contribution in [3.8, 4) is 0 Å². The Morgan fingerprint density at radius 2 is 1.94 bits per heavy atom. The molecule has 1 aliphatic rings. The highest BCUT2D eigenvalue weighted by Gasteiger charge is 2.14. The first kappa shape index (κ1) is 13.2. The van der Waals surface area contributed by atoms with Gasteiger partial charge in [-0.3, -0.25) is 4.79 Å². The van der Waals surface area contributed by atoms with E-state index < -0.39 is 0 Å². The molecule has 98 valence electrons. The van der Waals surface area contributed by atoms with Crippen molar-refractivity contribution in [2.24, 2.45) is 5.92 Å². The first-order chi connectivity index (χ1) is 8.75. The molecule has 0 aliphatic carbocycles. The average molecular weight is 248 g/mol. The van der Waals surface area contributed by atoms with Gasteiger partial charge in [-0.2, -0.15) is 0 Å². The van der Waals surface area contributed by atoms with Crippen molar-refractivity contribution in [2.75, 3.05) is 26.4 Å². The van der Waals surface area contributed by atoms with Crippen molar-refractivity contribution in [2.45, 2.75) is 19.8 Å². The molecule has 3 nitrogen and oxygen atoms in total. The Morgan fingerprint density at radius 3 is 2.61 bits per heavy atom. The first-order valence-corrected chi connectivity index (χ1v) is 6.51. The van der Waals surface area contributed by atoms with Crippen LogP contribution < -0.4 is 0 Å². The van der Waals surface area contributed by atoms with Crippen LogP contribution in [0.3, 0.4) is 0 Å². The van der Waals surface area contributed by atoms with Crippen LogP contribution in [0.15, 0.2) is 24.3 Å². The van der Waals surface area contributed by atoms with E-state index in [-0.39, 0.29) is 12.4 Å². The lowest BCUT2D eigenvalue weighted by Crippen LogP contribution is -2.21. The van der Waals surface area contributed by atoms with Crippen molar-refractivity contribution in [3.05, 3.63) is 35.4 Å². The Kier molecular flexibility index (Phi) is 4.90. The molecule has 0 aromatic heterocycles. The van der Waals surface area contributed by atoms with Crippen molar-refractivity contribution in [3.63, 3.8) is 0 Å². The summed E-state index contributed by atoms with van der Waals surface area (Å²) in [5.74, 6) is 0.603. The van der Waals surface area contributed by atoms with Crippen LogP contribution in [-0.2, 0) is 9.47 Å². The molecule has 0 amide bonds. The minimum atomic E-state index is 0.0575. The van der Waals surface area contributed by atoms with Gasteiger partial charge >= 0.3 is 0 Å². The molecular weight excluding hydrogens is 228 g/mol. The fourth-order valence-electron chi connectivity index (χ4n) is 2.05. The van der Waals surface area contributed by atoms with E-state index in [1.54, 1.807) is 0 Å². The SMILES string of the molecule is Cc1ccc(C(=O)COCC2CCOCC2)cc1. The second-order valence-electron chi connectivity index (χ2n) is 4.86. The predicted octanol–water partition coefficient (Wildman–Crippen LogP) is 2.62. The van der Waals surface area contributed by atoms with Gasteiger partial charge in [0.05, 0.1) is 6.61 Å². The zero-order valence-corrected chi connectivity index (χ0v) is 10.9. The lowest BCUT2D eigenvalue weighted by molar-refractivity contribution is 0.0216. The Labute approximate surface area is 108 Å². The second-order valence-corrected chi connectivity index (χ2v) is 4.86. The maximum atomic E-state index is 11.8. The summed E-state index contributed by atoms with van der Waals surface area (Å²) in [7, 11) is 0. The minimum Gasteiger partial charge on any atom is -0.381 e. The molecule has 0 unspecified atom stereocenters. The maximum absolute atomic E-state index is 11.8. The Balaban J connectivity index is 1.72. The number of benzene rings is 1. The molecule has 0 radical (unpaired) electrons. The molecule has 0 N–H and O–H groups in total. The number of Topliss-reactive ketones (excluding diaryl/α,β-unsaturated/α-hetero) is 1. The summed E-state index contributed by atoms with van der Waals surface area (Å²) in [6.45, 7) is 4.50. The molecule has 1 aromatic carbocycles. The van der Waals surface area contributed by atoms with Gasteiger partial charge in [0.2, 0.25) is 0 Å². The number of rotatable bonds is 5. The van der Waals surface area contributed by atoms with Gasteiger partial charge in [0.15, 0.2) is 5.78 Å². The number of hydrogen-bond acceptors (Lipinski definition) is 3. The van der Waals surface area contributed by atoms with Crippen LogP contribution in [-0.4, -0.2) is 32.2 Å². The number of ether oxygens (including phenoxy) is 2. The van der Waals surface area contributed by atoms with E-state index in [0.29, 0.717) is 12.5 Å². The summed E-state index contributed by atoms with van der Waals surface area (Å²) in [5.41, 5.74) is 1.89. The summed E-state index contributed by atoms with van der Waals surface area (Å²) < 4.78 is 10.8. The molecule has 18 heavy (non-hydrogen) atoms. The van der Waals surface area contributed by atoms with Gasteiger partial charge in [-0.1, -0.05) is 29.8 Å². The van der Waals surface area contributed by atoms with Crippen molar-refractivity contribution in [1.82, 2.24) is 0 Å². The van der Waals surface area contributed by atoms with Gasteiger partial charge in [0.25, 0.3) is 0 Å². The molecule has 1 saturated heterocycles. The molecule has 1 aliphatic heterocycles. The number of ketones is 1. The molecule has 0 saturated carbocycles. The van der Waals surface area contributed by atoms with Crippen LogP contribution in [0.5, 0.6) is 0 Å². The van der Waals surface area contributed by atoms with E-state index >= 15 is 0 Å². The fourth-order valence-corrected chi connectivity index (χ4v) is 2.05. The van der Waals surface area contributed by atoms with E-state index in [1.165, 1.54) is 0 Å². The standard InChI is InChI=1S/C15H20O3/c1-12-2-4-14(5-3-12)15(16)11-18-10-13-6-8-17-9-7-13/h2-5,13H,6-11H2,1H3. The average Bonchev–Trinajstić information content (AvgIpc) is 2.40. The normalized spacial score (nSPS) is 16.7. The predicted molar refractivity (Wildman–Crippen MR) is 69.9 cm³/mol. The zero-order chi connectivity index (χ0) is 12.8. The van der Waals surface area contributed by atoms with Crippen molar-refractivity contribution in [1.29, 1.82) is 0 Å². The van der Waals surface area contributed by atoms with Crippen molar-refractivity contribution < 1.29 is 14.3 Å². The Hall–Kier alpha value is -1.19. The zero-order valence-electron chi connectivity index (χ0n) is 10.9. The summed E-state index contributed by atoms with van der Waals surface area (Å²) in [5, 5.41) is 0. The van der Waals surface area contributed by atoms with Crippen LogP contribution >= 0.6 is 0 Å². The van der Waals surface area contributed by atoms with Gasteiger partial charge < -0.3 is 9.47 Å². The third-order valence-corrected chi connectivity index (χ3v) is 3.30. The highest BCUT2D eigenvalue weighted by Crippen LogP contribution is 2.14. The number of carbonyl (C=O) groups is 1. The monoisotopic (exact) mass is 248 g/mol. The molecule has 0 atom stereocenters. The van der Waals surface area contributed by atoms with E-state index in [4.69, 9.17) is 9.47 Å². The van der Waals surface area contributed by atoms with Gasteiger partial charge in [-0.25, -0.2) is 0 Å². The van der Waals surface area contributed by atoms with E-state index in [9.17, 15) is 4.79 Å². The number of carbonyl (C=O) groups excluding carboxylic acids is 1. The maximum Gasteiger partial charge on any atom is 0.188 e. The summed E-state index contributed by atoms with van der Waals surface area (Å²) >= 11 is 0. The van der Waals surface area contributed by atoms with Crippen molar-refractivity contribution >= 4 is 5.78 Å². The van der Waals surface area contributed by atoms with Gasteiger partial charge in [-0.05, 0) is 25.7 Å². The minimum absolute atomic E-state index is 0.0575. The number of aryl methyl sites for hydroxylation is 1. The molecule has 3 heteroatoms. The fraction of sp³-hybridized carbons (Fsp3) is 0.533. The van der Waals surface area contributed by atoms with E-state index in [2.05, 4.69) is 0 Å².